The number of carbonyl (C=O) groups excluding carboxylic acids is 2. The van der Waals surface area contributed by atoms with Gasteiger partial charge in [0.2, 0.25) is 6.41 Å². The summed E-state index contributed by atoms with van der Waals surface area (Å²) >= 11 is 0. The second kappa shape index (κ2) is 8.05. The van der Waals surface area contributed by atoms with Crippen molar-refractivity contribution in [3.8, 4) is 0 Å². The summed E-state index contributed by atoms with van der Waals surface area (Å²) in [6.45, 7) is 3.31. The molecule has 0 radical (unpaired) electrons. The van der Waals surface area contributed by atoms with Crippen molar-refractivity contribution in [2.75, 3.05) is 12.4 Å². The van der Waals surface area contributed by atoms with E-state index in [1.54, 1.807) is 19.3 Å². The van der Waals surface area contributed by atoms with Gasteiger partial charge in [-0.1, -0.05) is 6.07 Å². The zero-order valence-corrected chi connectivity index (χ0v) is 13.2. The molecule has 6 heteroatoms. The molecular weight excluding hydrogens is 292 g/mol. The molecule has 0 spiro atoms. The van der Waals surface area contributed by atoms with Crippen LogP contribution in [0.1, 0.15) is 27.2 Å². The van der Waals surface area contributed by atoms with Crippen LogP contribution >= 0.6 is 0 Å². The summed E-state index contributed by atoms with van der Waals surface area (Å²) < 4.78 is 0. The number of rotatable bonds is 7. The van der Waals surface area contributed by atoms with Gasteiger partial charge in [0.1, 0.15) is 5.69 Å². The standard InChI is InChI=1S/C17H20N4O2/c1-12-3-4-15(21-11-22)8-14(12)10-19-9-13-5-6-20-16(7-13)17(23)18-2/h3-8,11,19H,9-10H2,1-2H3,(H,18,23)(H,21,22). The van der Waals surface area contributed by atoms with Gasteiger partial charge in [0.15, 0.2) is 0 Å². The van der Waals surface area contributed by atoms with Crippen LogP contribution in [0.5, 0.6) is 0 Å². The van der Waals surface area contributed by atoms with Gasteiger partial charge in [-0.15, -0.1) is 0 Å². The van der Waals surface area contributed by atoms with Crippen LogP contribution < -0.4 is 16.0 Å². The van der Waals surface area contributed by atoms with E-state index < -0.39 is 0 Å². The van der Waals surface area contributed by atoms with Gasteiger partial charge >= 0.3 is 0 Å². The zero-order valence-electron chi connectivity index (χ0n) is 13.2. The third-order valence-corrected chi connectivity index (χ3v) is 3.50. The maximum absolute atomic E-state index is 11.6. The summed E-state index contributed by atoms with van der Waals surface area (Å²) in [5.74, 6) is -0.199. The second-order valence-corrected chi connectivity index (χ2v) is 5.14. The van der Waals surface area contributed by atoms with Crippen LogP contribution in [0.4, 0.5) is 5.69 Å². The monoisotopic (exact) mass is 312 g/mol. The minimum atomic E-state index is -0.199. The summed E-state index contributed by atoms with van der Waals surface area (Å²) in [4.78, 5) is 26.1. The number of nitrogens with one attached hydrogen (secondary N) is 3. The van der Waals surface area contributed by atoms with Crippen LogP contribution in [-0.2, 0) is 17.9 Å². The number of amides is 2. The Hall–Kier alpha value is -2.73. The molecule has 0 saturated carbocycles. The maximum atomic E-state index is 11.6. The Morgan fingerprint density at radius 2 is 2.04 bits per heavy atom. The van der Waals surface area contributed by atoms with Crippen LogP contribution in [-0.4, -0.2) is 24.3 Å². The molecule has 2 aromatic rings. The highest BCUT2D eigenvalue weighted by molar-refractivity contribution is 5.92. The minimum Gasteiger partial charge on any atom is -0.354 e. The number of hydrogen-bond donors (Lipinski definition) is 3. The van der Waals surface area contributed by atoms with E-state index in [0.717, 1.165) is 22.4 Å². The molecule has 1 heterocycles. The van der Waals surface area contributed by atoms with Gasteiger partial charge < -0.3 is 16.0 Å². The average molecular weight is 312 g/mol. The first-order chi connectivity index (χ1) is 11.1. The van der Waals surface area contributed by atoms with Gasteiger partial charge in [-0.05, 0) is 47.9 Å². The molecule has 2 amide bonds. The van der Waals surface area contributed by atoms with E-state index in [9.17, 15) is 9.59 Å². The van der Waals surface area contributed by atoms with E-state index in [-0.39, 0.29) is 5.91 Å². The number of nitrogens with zero attached hydrogens (tertiary/aromatic N) is 1. The highest BCUT2D eigenvalue weighted by Crippen LogP contribution is 2.15. The lowest BCUT2D eigenvalue weighted by atomic mass is 10.1. The number of aryl methyl sites for hydroxylation is 1. The van der Waals surface area contributed by atoms with E-state index in [2.05, 4.69) is 20.9 Å². The summed E-state index contributed by atoms with van der Waals surface area (Å²) in [6, 6.07) is 9.42. The predicted molar refractivity (Wildman–Crippen MR) is 89.0 cm³/mol. The Morgan fingerprint density at radius 3 is 2.78 bits per heavy atom. The smallest absolute Gasteiger partial charge is 0.269 e. The Bertz CT molecular complexity index is 701. The van der Waals surface area contributed by atoms with E-state index in [1.807, 2.05) is 31.2 Å². The third kappa shape index (κ3) is 4.62. The van der Waals surface area contributed by atoms with E-state index in [1.165, 1.54) is 0 Å². The summed E-state index contributed by atoms with van der Waals surface area (Å²) in [5.41, 5.74) is 4.42. The Kier molecular flexibility index (Phi) is 5.82. The van der Waals surface area contributed by atoms with Crippen LogP contribution in [0.25, 0.3) is 0 Å². The van der Waals surface area contributed by atoms with Crippen molar-refractivity contribution in [1.82, 2.24) is 15.6 Å². The number of anilines is 1. The van der Waals surface area contributed by atoms with E-state index in [0.29, 0.717) is 25.2 Å². The molecule has 6 nitrogen and oxygen atoms in total. The lowest BCUT2D eigenvalue weighted by Crippen LogP contribution is -2.20. The number of hydrogen-bond acceptors (Lipinski definition) is 4. The second-order valence-electron chi connectivity index (χ2n) is 5.14. The molecule has 2 rings (SSSR count). The lowest BCUT2D eigenvalue weighted by molar-refractivity contribution is -0.105. The molecule has 0 unspecified atom stereocenters. The number of pyridine rings is 1. The Morgan fingerprint density at radius 1 is 1.22 bits per heavy atom. The molecule has 0 aliphatic carbocycles. The first kappa shape index (κ1) is 16.6. The lowest BCUT2D eigenvalue weighted by Gasteiger charge is -2.10. The number of aromatic nitrogens is 1. The highest BCUT2D eigenvalue weighted by Gasteiger charge is 2.05. The van der Waals surface area contributed by atoms with E-state index >= 15 is 0 Å². The van der Waals surface area contributed by atoms with Gasteiger partial charge in [0, 0.05) is 32.0 Å². The fourth-order valence-corrected chi connectivity index (χ4v) is 2.20. The third-order valence-electron chi connectivity index (χ3n) is 3.50. The van der Waals surface area contributed by atoms with Gasteiger partial charge in [-0.2, -0.15) is 0 Å². The maximum Gasteiger partial charge on any atom is 0.269 e. The Labute approximate surface area is 135 Å². The molecule has 0 saturated heterocycles. The van der Waals surface area contributed by atoms with Gasteiger partial charge in [-0.3, -0.25) is 14.6 Å². The van der Waals surface area contributed by atoms with Crippen LogP contribution in [0, 0.1) is 6.92 Å². The van der Waals surface area contributed by atoms with Gasteiger partial charge in [-0.25, -0.2) is 0 Å². The normalized spacial score (nSPS) is 10.2. The fourth-order valence-electron chi connectivity index (χ4n) is 2.20. The van der Waals surface area contributed by atoms with Crippen molar-refractivity contribution in [1.29, 1.82) is 0 Å². The molecule has 0 bridgehead atoms. The Balaban J connectivity index is 1.98. The average Bonchev–Trinajstić information content (AvgIpc) is 2.57. The summed E-state index contributed by atoms with van der Waals surface area (Å²) in [6.07, 6.45) is 2.29. The van der Waals surface area contributed by atoms with Crippen LogP contribution in [0.2, 0.25) is 0 Å². The number of benzene rings is 1. The van der Waals surface area contributed by atoms with Crippen molar-refractivity contribution >= 4 is 18.0 Å². The van der Waals surface area contributed by atoms with Gasteiger partial charge in [0.25, 0.3) is 5.91 Å². The molecule has 0 aliphatic heterocycles. The van der Waals surface area contributed by atoms with Crippen LogP contribution in [0.3, 0.4) is 0 Å². The van der Waals surface area contributed by atoms with Crippen molar-refractivity contribution < 1.29 is 9.59 Å². The molecule has 1 aromatic heterocycles. The first-order valence-corrected chi connectivity index (χ1v) is 7.31. The quantitative estimate of drug-likeness (QED) is 0.678. The highest BCUT2D eigenvalue weighted by atomic mass is 16.1. The van der Waals surface area contributed by atoms with Crippen molar-refractivity contribution in [3.63, 3.8) is 0 Å². The van der Waals surface area contributed by atoms with Crippen molar-refractivity contribution in [2.45, 2.75) is 20.0 Å². The van der Waals surface area contributed by atoms with Crippen molar-refractivity contribution in [3.05, 3.63) is 58.9 Å². The topological polar surface area (TPSA) is 83.1 Å². The van der Waals surface area contributed by atoms with Crippen LogP contribution in [0.15, 0.2) is 36.5 Å². The summed E-state index contributed by atoms with van der Waals surface area (Å²) in [7, 11) is 1.58. The number of carbonyl (C=O) groups is 2. The molecule has 120 valence electrons. The predicted octanol–water partition coefficient (Wildman–Crippen LogP) is 1.61. The molecule has 0 aliphatic rings. The molecular formula is C17H20N4O2. The SMILES string of the molecule is CNC(=O)c1cc(CNCc2cc(NC=O)ccc2C)ccn1. The van der Waals surface area contributed by atoms with Crippen molar-refractivity contribution in [2.24, 2.45) is 0 Å². The largest absolute Gasteiger partial charge is 0.354 e. The molecule has 3 N–H and O–H groups in total. The first-order valence-electron chi connectivity index (χ1n) is 7.31. The molecule has 23 heavy (non-hydrogen) atoms. The minimum absolute atomic E-state index is 0.199. The van der Waals surface area contributed by atoms with E-state index in [4.69, 9.17) is 0 Å². The summed E-state index contributed by atoms with van der Waals surface area (Å²) in [5, 5.41) is 8.54. The fraction of sp³-hybridized carbons (Fsp3) is 0.235. The molecule has 0 fully saturated rings. The zero-order chi connectivity index (χ0) is 16.7. The molecule has 1 aromatic carbocycles. The molecule has 0 atom stereocenters. The van der Waals surface area contributed by atoms with Gasteiger partial charge in [0.05, 0.1) is 0 Å².